The molecule has 1 saturated carbocycles. The molecule has 0 radical (unpaired) electrons. The van der Waals surface area contributed by atoms with Crippen molar-refractivity contribution in [3.63, 3.8) is 0 Å². The Morgan fingerprint density at radius 2 is 2.17 bits per heavy atom. The van der Waals surface area contributed by atoms with Crippen LogP contribution in [-0.2, 0) is 20.3 Å². The zero-order chi connectivity index (χ0) is 16.7. The molecule has 6 heteroatoms. The lowest BCUT2D eigenvalue weighted by Gasteiger charge is -2.28. The number of amides is 1. The predicted octanol–water partition coefficient (Wildman–Crippen LogP) is 2.21. The summed E-state index contributed by atoms with van der Waals surface area (Å²) in [6.07, 6.45) is 6.81. The largest absolute Gasteiger partial charge is 0.376 e. The molecule has 1 aromatic heterocycles. The minimum absolute atomic E-state index is 0.0596. The average molecular weight is 338 g/mol. The van der Waals surface area contributed by atoms with Crippen LogP contribution < -0.4 is 5.32 Å². The van der Waals surface area contributed by atoms with E-state index in [9.17, 15) is 9.00 Å². The van der Waals surface area contributed by atoms with Crippen LogP contribution in [0, 0.1) is 12.8 Å². The van der Waals surface area contributed by atoms with Gasteiger partial charge in [0.15, 0.2) is 0 Å². The highest BCUT2D eigenvalue weighted by Gasteiger charge is 2.21. The molecule has 1 amide bonds. The van der Waals surface area contributed by atoms with Crippen molar-refractivity contribution in [2.24, 2.45) is 5.92 Å². The van der Waals surface area contributed by atoms with Gasteiger partial charge in [0.05, 0.1) is 23.5 Å². The summed E-state index contributed by atoms with van der Waals surface area (Å²) in [4.78, 5) is 15.9. The summed E-state index contributed by atoms with van der Waals surface area (Å²) in [6.45, 7) is 5.11. The molecule has 1 aliphatic rings. The Labute approximate surface area is 140 Å². The van der Waals surface area contributed by atoms with E-state index in [0.29, 0.717) is 30.2 Å². The number of hydrogen-bond donors (Lipinski definition) is 1. The Bertz CT molecular complexity index is 533. The molecule has 3 atom stereocenters. The molecule has 5 nitrogen and oxygen atoms in total. The smallest absolute Gasteiger partial charge is 0.233 e. The Kier molecular flexibility index (Phi) is 7.17. The molecule has 1 fully saturated rings. The Morgan fingerprint density at radius 3 is 2.87 bits per heavy atom. The van der Waals surface area contributed by atoms with E-state index in [1.165, 1.54) is 19.3 Å². The molecule has 128 valence electrons. The maximum atomic E-state index is 12.0. The van der Waals surface area contributed by atoms with Crippen LogP contribution in [0.15, 0.2) is 23.4 Å². The van der Waals surface area contributed by atoms with Gasteiger partial charge in [-0.2, -0.15) is 0 Å². The summed E-state index contributed by atoms with van der Waals surface area (Å²) in [7, 11) is -1.40. The highest BCUT2D eigenvalue weighted by Crippen LogP contribution is 2.25. The van der Waals surface area contributed by atoms with Gasteiger partial charge in [0, 0.05) is 12.7 Å². The van der Waals surface area contributed by atoms with Gasteiger partial charge in [-0.1, -0.05) is 25.8 Å². The van der Waals surface area contributed by atoms with Crippen molar-refractivity contribution in [3.8, 4) is 0 Å². The first kappa shape index (κ1) is 18.1. The van der Waals surface area contributed by atoms with Crippen molar-refractivity contribution in [3.05, 3.63) is 23.9 Å². The van der Waals surface area contributed by atoms with Gasteiger partial charge < -0.3 is 10.1 Å². The van der Waals surface area contributed by atoms with Crippen molar-refractivity contribution in [1.29, 1.82) is 0 Å². The van der Waals surface area contributed by atoms with Crippen LogP contribution in [0.3, 0.4) is 0 Å². The zero-order valence-corrected chi connectivity index (χ0v) is 14.7. The first-order chi connectivity index (χ1) is 11.1. The third-order valence-electron chi connectivity index (χ3n) is 4.17. The lowest BCUT2D eigenvalue weighted by atomic mass is 9.88. The summed E-state index contributed by atoms with van der Waals surface area (Å²) < 4.78 is 17.9. The van der Waals surface area contributed by atoms with Crippen molar-refractivity contribution in [2.75, 3.05) is 18.9 Å². The number of aryl methyl sites for hydroxylation is 1. The molecular weight excluding hydrogens is 312 g/mol. The van der Waals surface area contributed by atoms with Crippen LogP contribution in [-0.4, -0.2) is 40.1 Å². The third-order valence-corrected chi connectivity index (χ3v) is 5.40. The second kappa shape index (κ2) is 9.13. The van der Waals surface area contributed by atoms with E-state index in [1.807, 2.05) is 13.0 Å². The quantitative estimate of drug-likeness (QED) is 0.774. The number of carbonyl (C=O) groups excluding carboxylic acids is 1. The summed E-state index contributed by atoms with van der Waals surface area (Å²) >= 11 is 0. The van der Waals surface area contributed by atoms with E-state index in [1.54, 1.807) is 12.3 Å². The number of aromatic nitrogens is 1. The SMILES string of the molecule is Cc1ccc([S@](=O)CC(=O)NCCO[C@H]2CCCC[C@H]2C)nc1. The van der Waals surface area contributed by atoms with Crippen LogP contribution in [0.5, 0.6) is 0 Å². The van der Waals surface area contributed by atoms with Gasteiger partial charge >= 0.3 is 0 Å². The second-order valence-electron chi connectivity index (χ2n) is 6.18. The normalized spacial score (nSPS) is 22.5. The first-order valence-corrected chi connectivity index (χ1v) is 9.57. The molecule has 2 rings (SSSR count). The fourth-order valence-electron chi connectivity index (χ4n) is 2.76. The first-order valence-electron chi connectivity index (χ1n) is 8.25. The van der Waals surface area contributed by atoms with Gasteiger partial charge in [-0.3, -0.25) is 9.00 Å². The number of pyridine rings is 1. The van der Waals surface area contributed by atoms with Gasteiger partial charge in [0.25, 0.3) is 0 Å². The van der Waals surface area contributed by atoms with Gasteiger partial charge in [-0.15, -0.1) is 0 Å². The van der Waals surface area contributed by atoms with Crippen LogP contribution in [0.2, 0.25) is 0 Å². The topological polar surface area (TPSA) is 68.3 Å². The standard InChI is InChI=1S/C17H26N2O3S/c1-13-7-8-17(19-11-13)23(21)12-16(20)18-9-10-22-15-6-4-3-5-14(15)2/h7-8,11,14-15H,3-6,9-10,12H2,1-2H3,(H,18,20)/t14-,15+,23-/m1/s1. The number of ether oxygens (including phenoxy) is 1. The second-order valence-corrected chi connectivity index (χ2v) is 7.58. The molecular formula is C17H26N2O3S. The number of carbonyl (C=O) groups is 1. The Morgan fingerprint density at radius 1 is 1.39 bits per heavy atom. The van der Waals surface area contributed by atoms with E-state index in [0.717, 1.165) is 12.0 Å². The molecule has 0 bridgehead atoms. The summed E-state index contributed by atoms with van der Waals surface area (Å²) in [5.41, 5.74) is 1.00. The summed E-state index contributed by atoms with van der Waals surface area (Å²) in [6, 6.07) is 3.55. The maximum absolute atomic E-state index is 12.0. The molecule has 0 saturated heterocycles. The van der Waals surface area contributed by atoms with Gasteiger partial charge in [-0.05, 0) is 37.3 Å². The van der Waals surface area contributed by atoms with Crippen LogP contribution in [0.4, 0.5) is 0 Å². The van der Waals surface area contributed by atoms with Crippen LogP contribution in [0.25, 0.3) is 0 Å². The molecule has 0 aromatic carbocycles. The number of hydrogen-bond acceptors (Lipinski definition) is 4. The van der Waals surface area contributed by atoms with E-state index in [2.05, 4.69) is 17.2 Å². The van der Waals surface area contributed by atoms with Gasteiger partial charge in [-0.25, -0.2) is 4.98 Å². The van der Waals surface area contributed by atoms with Crippen LogP contribution in [0.1, 0.15) is 38.2 Å². The van der Waals surface area contributed by atoms with Gasteiger partial charge in [0.2, 0.25) is 5.91 Å². The average Bonchev–Trinajstić information content (AvgIpc) is 2.53. The third kappa shape index (κ3) is 6.03. The van der Waals surface area contributed by atoms with Crippen molar-refractivity contribution in [1.82, 2.24) is 10.3 Å². The Hall–Kier alpha value is -1.27. The number of rotatable bonds is 7. The molecule has 1 N–H and O–H groups in total. The highest BCUT2D eigenvalue weighted by molar-refractivity contribution is 7.85. The molecule has 0 spiro atoms. The molecule has 0 unspecified atom stereocenters. The minimum Gasteiger partial charge on any atom is -0.376 e. The van der Waals surface area contributed by atoms with E-state index < -0.39 is 10.8 Å². The highest BCUT2D eigenvalue weighted by atomic mass is 32.2. The molecule has 1 heterocycles. The van der Waals surface area contributed by atoms with E-state index in [-0.39, 0.29) is 11.7 Å². The lowest BCUT2D eigenvalue weighted by molar-refractivity contribution is -0.119. The number of nitrogens with one attached hydrogen (secondary N) is 1. The van der Waals surface area contributed by atoms with E-state index >= 15 is 0 Å². The molecule has 0 aliphatic heterocycles. The van der Waals surface area contributed by atoms with Crippen LogP contribution >= 0.6 is 0 Å². The maximum Gasteiger partial charge on any atom is 0.233 e. The molecule has 1 aromatic rings. The molecule has 1 aliphatic carbocycles. The van der Waals surface area contributed by atoms with Crippen molar-refractivity contribution >= 4 is 16.7 Å². The van der Waals surface area contributed by atoms with E-state index in [4.69, 9.17) is 4.74 Å². The fourth-order valence-corrected chi connectivity index (χ4v) is 3.64. The fraction of sp³-hybridized carbons (Fsp3) is 0.647. The van der Waals surface area contributed by atoms with Crippen molar-refractivity contribution < 1.29 is 13.7 Å². The minimum atomic E-state index is -1.40. The zero-order valence-electron chi connectivity index (χ0n) is 13.9. The van der Waals surface area contributed by atoms with Crippen molar-refractivity contribution in [2.45, 2.75) is 50.7 Å². The molecule has 23 heavy (non-hydrogen) atoms. The number of nitrogens with zero attached hydrogens (tertiary/aromatic N) is 1. The Balaban J connectivity index is 1.64. The monoisotopic (exact) mass is 338 g/mol. The summed E-state index contributed by atoms with van der Waals surface area (Å²) in [5.74, 6) is 0.307. The predicted molar refractivity (Wildman–Crippen MR) is 90.6 cm³/mol. The lowest BCUT2D eigenvalue weighted by Crippen LogP contribution is -2.34. The van der Waals surface area contributed by atoms with Gasteiger partial charge in [0.1, 0.15) is 10.8 Å². The summed E-state index contributed by atoms with van der Waals surface area (Å²) in [5, 5.41) is 3.21.